The van der Waals surface area contributed by atoms with Crippen molar-refractivity contribution in [2.45, 2.75) is 20.3 Å². The molecule has 0 aromatic carbocycles. The SMILES string of the molecule is CCc1nc(N)c(C)c(NCCS(C)=O)n1. The van der Waals surface area contributed by atoms with Gasteiger partial charge in [0.1, 0.15) is 17.5 Å². The number of nitrogen functional groups attached to an aromatic ring is 1. The van der Waals surface area contributed by atoms with Crippen molar-refractivity contribution in [1.29, 1.82) is 0 Å². The van der Waals surface area contributed by atoms with E-state index >= 15 is 0 Å². The third-order valence-electron chi connectivity index (χ3n) is 2.23. The molecule has 0 radical (unpaired) electrons. The maximum Gasteiger partial charge on any atom is 0.134 e. The van der Waals surface area contributed by atoms with Crippen molar-refractivity contribution < 1.29 is 4.21 Å². The van der Waals surface area contributed by atoms with E-state index < -0.39 is 10.8 Å². The summed E-state index contributed by atoms with van der Waals surface area (Å²) in [5, 5.41) is 3.14. The van der Waals surface area contributed by atoms with Crippen LogP contribution in [-0.4, -0.2) is 32.7 Å². The van der Waals surface area contributed by atoms with Crippen molar-refractivity contribution in [3.8, 4) is 0 Å². The maximum absolute atomic E-state index is 10.9. The molecular weight excluding hydrogens is 224 g/mol. The first-order chi connectivity index (χ1) is 7.54. The molecule has 0 bridgehead atoms. The summed E-state index contributed by atoms with van der Waals surface area (Å²) in [7, 11) is -0.795. The van der Waals surface area contributed by atoms with E-state index in [2.05, 4.69) is 15.3 Å². The van der Waals surface area contributed by atoms with Gasteiger partial charge >= 0.3 is 0 Å². The molecule has 0 saturated heterocycles. The Morgan fingerprint density at radius 3 is 2.69 bits per heavy atom. The molecule has 1 aromatic rings. The number of nitrogens with two attached hydrogens (primary N) is 1. The molecule has 1 aromatic heterocycles. The molecule has 0 fully saturated rings. The van der Waals surface area contributed by atoms with Gasteiger partial charge in [-0.1, -0.05) is 6.92 Å². The predicted molar refractivity (Wildman–Crippen MR) is 68.0 cm³/mol. The molecule has 0 saturated carbocycles. The summed E-state index contributed by atoms with van der Waals surface area (Å²) in [5.41, 5.74) is 6.62. The number of anilines is 2. The summed E-state index contributed by atoms with van der Waals surface area (Å²) >= 11 is 0. The highest BCUT2D eigenvalue weighted by Crippen LogP contribution is 2.16. The van der Waals surface area contributed by atoms with Gasteiger partial charge < -0.3 is 11.1 Å². The van der Waals surface area contributed by atoms with Crippen LogP contribution in [-0.2, 0) is 17.2 Å². The number of hydrogen-bond acceptors (Lipinski definition) is 5. The van der Waals surface area contributed by atoms with E-state index in [1.165, 1.54) is 0 Å². The number of aromatic nitrogens is 2. The van der Waals surface area contributed by atoms with Crippen LogP contribution in [0.15, 0.2) is 0 Å². The van der Waals surface area contributed by atoms with E-state index in [-0.39, 0.29) is 0 Å². The minimum atomic E-state index is -0.795. The van der Waals surface area contributed by atoms with Crippen LogP contribution in [0.1, 0.15) is 18.3 Å². The molecule has 1 unspecified atom stereocenters. The zero-order chi connectivity index (χ0) is 12.1. The molecule has 3 N–H and O–H groups in total. The first kappa shape index (κ1) is 12.9. The van der Waals surface area contributed by atoms with Crippen LogP contribution in [0.25, 0.3) is 0 Å². The summed E-state index contributed by atoms with van der Waals surface area (Å²) in [4.78, 5) is 8.51. The normalized spacial score (nSPS) is 12.4. The quantitative estimate of drug-likeness (QED) is 0.795. The number of hydrogen-bond donors (Lipinski definition) is 2. The van der Waals surface area contributed by atoms with Gasteiger partial charge in [0.2, 0.25) is 0 Å². The third-order valence-corrected chi connectivity index (χ3v) is 3.01. The van der Waals surface area contributed by atoms with Crippen LogP contribution in [0.2, 0.25) is 0 Å². The van der Waals surface area contributed by atoms with E-state index in [4.69, 9.17) is 5.73 Å². The lowest BCUT2D eigenvalue weighted by molar-refractivity contribution is 0.687. The topological polar surface area (TPSA) is 80.9 Å². The molecule has 0 aliphatic carbocycles. The van der Waals surface area contributed by atoms with Crippen molar-refractivity contribution in [1.82, 2.24) is 9.97 Å². The van der Waals surface area contributed by atoms with Crippen molar-refractivity contribution in [3.63, 3.8) is 0 Å². The molecule has 1 heterocycles. The van der Waals surface area contributed by atoms with Gasteiger partial charge in [-0.2, -0.15) is 0 Å². The molecule has 16 heavy (non-hydrogen) atoms. The molecule has 0 spiro atoms. The Morgan fingerprint density at radius 2 is 2.12 bits per heavy atom. The van der Waals surface area contributed by atoms with Gasteiger partial charge in [0.15, 0.2) is 0 Å². The fraction of sp³-hybridized carbons (Fsp3) is 0.600. The van der Waals surface area contributed by atoms with Gasteiger partial charge in [0.25, 0.3) is 0 Å². The van der Waals surface area contributed by atoms with E-state index in [9.17, 15) is 4.21 Å². The van der Waals surface area contributed by atoms with E-state index in [1.807, 2.05) is 13.8 Å². The molecule has 6 heteroatoms. The third kappa shape index (κ3) is 3.44. The Kier molecular flexibility index (Phi) is 4.67. The van der Waals surface area contributed by atoms with Crippen molar-refractivity contribution in [2.75, 3.05) is 29.6 Å². The van der Waals surface area contributed by atoms with Gasteiger partial charge in [-0.15, -0.1) is 0 Å². The average molecular weight is 242 g/mol. The monoisotopic (exact) mass is 242 g/mol. The lowest BCUT2D eigenvalue weighted by atomic mass is 10.3. The zero-order valence-corrected chi connectivity index (χ0v) is 10.7. The highest BCUT2D eigenvalue weighted by Gasteiger charge is 2.07. The van der Waals surface area contributed by atoms with Gasteiger partial charge in [0.05, 0.1) is 0 Å². The van der Waals surface area contributed by atoms with Gasteiger partial charge in [0, 0.05) is 41.3 Å². The molecule has 1 rings (SSSR count). The first-order valence-corrected chi connectivity index (χ1v) is 6.94. The summed E-state index contributed by atoms with van der Waals surface area (Å²) in [5.74, 6) is 2.58. The first-order valence-electron chi connectivity index (χ1n) is 5.21. The standard InChI is InChI=1S/C10H18N4OS/c1-4-8-13-9(11)7(2)10(14-8)12-5-6-16(3)15/h4-6H2,1-3H3,(H3,11,12,13,14). The Hall–Kier alpha value is -1.17. The highest BCUT2D eigenvalue weighted by atomic mass is 32.2. The Bertz CT molecular complexity index is 395. The van der Waals surface area contributed by atoms with E-state index in [1.54, 1.807) is 6.26 Å². The second-order valence-corrected chi connectivity index (χ2v) is 5.11. The average Bonchev–Trinajstić information content (AvgIpc) is 2.23. The molecule has 90 valence electrons. The summed E-state index contributed by atoms with van der Waals surface area (Å²) < 4.78 is 10.9. The highest BCUT2D eigenvalue weighted by molar-refractivity contribution is 7.84. The second kappa shape index (κ2) is 5.79. The summed E-state index contributed by atoms with van der Waals surface area (Å²) in [6.45, 7) is 4.48. The van der Waals surface area contributed by atoms with Gasteiger partial charge in [-0.25, -0.2) is 9.97 Å². The second-order valence-electron chi connectivity index (χ2n) is 3.56. The fourth-order valence-electron chi connectivity index (χ4n) is 1.23. The molecule has 0 amide bonds. The van der Waals surface area contributed by atoms with Crippen LogP contribution in [0, 0.1) is 6.92 Å². The molecule has 0 aliphatic rings. The maximum atomic E-state index is 10.9. The van der Waals surface area contributed by atoms with Crippen molar-refractivity contribution in [3.05, 3.63) is 11.4 Å². The molecule has 5 nitrogen and oxygen atoms in total. The Balaban J connectivity index is 2.78. The molecule has 0 aliphatic heterocycles. The minimum Gasteiger partial charge on any atom is -0.383 e. The van der Waals surface area contributed by atoms with Crippen LogP contribution in [0.3, 0.4) is 0 Å². The van der Waals surface area contributed by atoms with Crippen LogP contribution < -0.4 is 11.1 Å². The summed E-state index contributed by atoms with van der Waals surface area (Å²) in [6.07, 6.45) is 2.43. The lowest BCUT2D eigenvalue weighted by Crippen LogP contribution is -2.14. The minimum absolute atomic E-state index is 0.506. The van der Waals surface area contributed by atoms with Crippen LogP contribution in [0.5, 0.6) is 0 Å². The van der Waals surface area contributed by atoms with Crippen molar-refractivity contribution >= 4 is 22.4 Å². The van der Waals surface area contributed by atoms with Gasteiger partial charge in [-0.05, 0) is 6.92 Å². The van der Waals surface area contributed by atoms with E-state index in [0.29, 0.717) is 18.1 Å². The van der Waals surface area contributed by atoms with E-state index in [0.717, 1.165) is 23.6 Å². The number of rotatable bonds is 5. The molecule has 1 atom stereocenters. The Morgan fingerprint density at radius 1 is 1.44 bits per heavy atom. The largest absolute Gasteiger partial charge is 0.383 e. The lowest BCUT2D eigenvalue weighted by Gasteiger charge is -2.10. The number of nitrogens with one attached hydrogen (secondary N) is 1. The number of nitrogens with zero attached hydrogens (tertiary/aromatic N) is 2. The smallest absolute Gasteiger partial charge is 0.134 e. The zero-order valence-electron chi connectivity index (χ0n) is 9.91. The molecular formula is C10H18N4OS. The number of aryl methyl sites for hydroxylation is 1. The fourth-order valence-corrected chi connectivity index (χ4v) is 1.62. The summed E-state index contributed by atoms with van der Waals surface area (Å²) in [6, 6.07) is 0. The van der Waals surface area contributed by atoms with Crippen LogP contribution in [0.4, 0.5) is 11.6 Å². The Labute approximate surface area is 98.3 Å². The van der Waals surface area contributed by atoms with Crippen molar-refractivity contribution in [2.24, 2.45) is 0 Å². The predicted octanol–water partition coefficient (Wildman–Crippen LogP) is 0.720. The van der Waals surface area contributed by atoms with Crippen LogP contribution >= 0.6 is 0 Å². The van der Waals surface area contributed by atoms with Gasteiger partial charge in [-0.3, -0.25) is 4.21 Å².